The minimum absolute atomic E-state index is 0.129. The molecule has 1 aliphatic carbocycles. The molecule has 0 radical (unpaired) electrons. The standard InChI is InChI=1S/C31H34N2O3/c1-23(27-14-6-3-7-15-27)29(35)33-31(20-21-31)30(36)32-28(34)22-26-18-16-25(17-19-26)13-9-8-12-24-10-4-2-5-11-24/h2-7,10-11,14-19,23H,8-9,12-13,20-22H2,1H3,(H,33,35)(H,32,34,36). The lowest BCUT2D eigenvalue weighted by molar-refractivity contribution is -0.135. The van der Waals surface area contributed by atoms with Crippen molar-refractivity contribution in [2.45, 2.75) is 63.3 Å². The molecule has 1 atom stereocenters. The molecule has 4 rings (SSSR count). The maximum Gasteiger partial charge on any atom is 0.252 e. The molecule has 3 amide bonds. The Morgan fingerprint density at radius 2 is 1.28 bits per heavy atom. The Bertz CT molecular complexity index is 1170. The second-order valence-electron chi connectivity index (χ2n) is 9.77. The van der Waals surface area contributed by atoms with Crippen LogP contribution in [0.1, 0.15) is 60.8 Å². The van der Waals surface area contributed by atoms with Crippen LogP contribution in [0.4, 0.5) is 0 Å². The molecule has 0 aliphatic heterocycles. The summed E-state index contributed by atoms with van der Waals surface area (Å²) in [4.78, 5) is 38.0. The minimum atomic E-state index is -0.973. The molecule has 1 unspecified atom stereocenters. The summed E-state index contributed by atoms with van der Waals surface area (Å²) in [7, 11) is 0. The van der Waals surface area contributed by atoms with Gasteiger partial charge in [0.15, 0.2) is 0 Å². The minimum Gasteiger partial charge on any atom is -0.341 e. The zero-order valence-corrected chi connectivity index (χ0v) is 20.8. The van der Waals surface area contributed by atoms with Crippen LogP contribution in [-0.2, 0) is 33.6 Å². The summed E-state index contributed by atoms with van der Waals surface area (Å²) >= 11 is 0. The predicted molar refractivity (Wildman–Crippen MR) is 141 cm³/mol. The highest BCUT2D eigenvalue weighted by atomic mass is 16.2. The fourth-order valence-electron chi connectivity index (χ4n) is 4.37. The van der Waals surface area contributed by atoms with Crippen LogP contribution in [0.3, 0.4) is 0 Å². The van der Waals surface area contributed by atoms with Crippen LogP contribution in [0.25, 0.3) is 0 Å². The number of carbonyl (C=O) groups is 3. The molecule has 0 bridgehead atoms. The van der Waals surface area contributed by atoms with Gasteiger partial charge in [0, 0.05) is 0 Å². The van der Waals surface area contributed by atoms with Crippen LogP contribution in [0.2, 0.25) is 0 Å². The first kappa shape index (κ1) is 25.4. The van der Waals surface area contributed by atoms with Gasteiger partial charge in [-0.15, -0.1) is 0 Å². The van der Waals surface area contributed by atoms with Crippen molar-refractivity contribution in [2.24, 2.45) is 0 Å². The number of unbranched alkanes of at least 4 members (excludes halogenated alkanes) is 1. The molecule has 1 saturated carbocycles. The molecule has 1 aliphatic rings. The summed E-state index contributed by atoms with van der Waals surface area (Å²) in [5, 5.41) is 5.37. The largest absolute Gasteiger partial charge is 0.341 e. The zero-order valence-electron chi connectivity index (χ0n) is 20.8. The van der Waals surface area contributed by atoms with Crippen molar-refractivity contribution in [1.82, 2.24) is 10.6 Å². The van der Waals surface area contributed by atoms with Crippen molar-refractivity contribution >= 4 is 17.7 Å². The fourth-order valence-corrected chi connectivity index (χ4v) is 4.37. The van der Waals surface area contributed by atoms with Gasteiger partial charge in [0.1, 0.15) is 5.54 Å². The summed E-state index contributed by atoms with van der Waals surface area (Å²) in [5.74, 6) is -1.35. The molecule has 0 aromatic heterocycles. The van der Waals surface area contributed by atoms with Crippen LogP contribution in [0.5, 0.6) is 0 Å². The van der Waals surface area contributed by atoms with Gasteiger partial charge in [-0.2, -0.15) is 0 Å². The number of carbonyl (C=O) groups excluding carboxylic acids is 3. The van der Waals surface area contributed by atoms with Crippen LogP contribution in [0, 0.1) is 0 Å². The van der Waals surface area contributed by atoms with Crippen LogP contribution < -0.4 is 10.6 Å². The summed E-state index contributed by atoms with van der Waals surface area (Å²) in [6, 6.07) is 28.0. The van der Waals surface area contributed by atoms with E-state index in [0.29, 0.717) is 12.8 Å². The van der Waals surface area contributed by atoms with Gasteiger partial charge in [0.05, 0.1) is 12.3 Å². The zero-order chi connectivity index (χ0) is 25.4. The SMILES string of the molecule is CC(C(=O)NC1(C(=O)NC(=O)Cc2ccc(CCCCc3ccccc3)cc2)CC1)c1ccccc1. The van der Waals surface area contributed by atoms with E-state index in [-0.39, 0.29) is 24.2 Å². The molecule has 5 nitrogen and oxygen atoms in total. The Hall–Kier alpha value is -3.73. The lowest BCUT2D eigenvalue weighted by Crippen LogP contribution is -2.51. The number of hydrogen-bond donors (Lipinski definition) is 2. The van der Waals surface area contributed by atoms with Crippen molar-refractivity contribution in [3.8, 4) is 0 Å². The van der Waals surface area contributed by atoms with Gasteiger partial charge in [-0.1, -0.05) is 84.9 Å². The van der Waals surface area contributed by atoms with E-state index in [0.717, 1.165) is 36.8 Å². The van der Waals surface area contributed by atoms with E-state index in [1.165, 1.54) is 11.1 Å². The Morgan fingerprint density at radius 3 is 1.86 bits per heavy atom. The Balaban J connectivity index is 1.20. The van der Waals surface area contributed by atoms with Gasteiger partial charge in [0.2, 0.25) is 11.8 Å². The molecular weight excluding hydrogens is 448 g/mol. The first-order valence-electron chi connectivity index (χ1n) is 12.8. The maximum absolute atomic E-state index is 12.8. The van der Waals surface area contributed by atoms with E-state index in [1.807, 2.05) is 55.5 Å². The second kappa shape index (κ2) is 11.8. The third-order valence-corrected chi connectivity index (χ3v) is 6.90. The highest BCUT2D eigenvalue weighted by Gasteiger charge is 2.52. The molecule has 186 valence electrons. The van der Waals surface area contributed by atoms with Gasteiger partial charge in [-0.25, -0.2) is 0 Å². The van der Waals surface area contributed by atoms with Crippen LogP contribution in [0.15, 0.2) is 84.9 Å². The van der Waals surface area contributed by atoms with E-state index in [2.05, 4.69) is 47.0 Å². The first-order valence-corrected chi connectivity index (χ1v) is 12.8. The van der Waals surface area contributed by atoms with Crippen molar-refractivity contribution in [3.05, 3.63) is 107 Å². The monoisotopic (exact) mass is 482 g/mol. The molecule has 2 N–H and O–H groups in total. The number of benzene rings is 3. The third-order valence-electron chi connectivity index (χ3n) is 6.90. The number of aryl methyl sites for hydroxylation is 2. The highest BCUT2D eigenvalue weighted by molar-refractivity contribution is 6.04. The lowest BCUT2D eigenvalue weighted by atomic mass is 10.00. The molecule has 3 aromatic rings. The highest BCUT2D eigenvalue weighted by Crippen LogP contribution is 2.36. The van der Waals surface area contributed by atoms with Crippen molar-refractivity contribution in [3.63, 3.8) is 0 Å². The molecule has 1 fully saturated rings. The van der Waals surface area contributed by atoms with Crippen LogP contribution in [-0.4, -0.2) is 23.3 Å². The molecule has 0 spiro atoms. The number of hydrogen-bond acceptors (Lipinski definition) is 3. The average molecular weight is 483 g/mol. The number of imide groups is 1. The van der Waals surface area contributed by atoms with Gasteiger partial charge in [0.25, 0.3) is 5.91 Å². The lowest BCUT2D eigenvalue weighted by Gasteiger charge is -2.20. The Labute approximate surface area is 213 Å². The first-order chi connectivity index (χ1) is 17.4. The topological polar surface area (TPSA) is 75.3 Å². The Kier molecular flexibility index (Phi) is 8.32. The number of nitrogens with one attached hydrogen (secondary N) is 2. The molecule has 3 aromatic carbocycles. The summed E-state index contributed by atoms with van der Waals surface area (Å²) in [6.45, 7) is 1.82. The summed E-state index contributed by atoms with van der Waals surface area (Å²) in [5.41, 5.74) is 3.39. The normalized spacial score (nSPS) is 14.5. The summed E-state index contributed by atoms with van der Waals surface area (Å²) in [6.07, 6.45) is 5.54. The smallest absolute Gasteiger partial charge is 0.252 e. The Morgan fingerprint density at radius 1 is 0.750 bits per heavy atom. The second-order valence-corrected chi connectivity index (χ2v) is 9.77. The van der Waals surface area contributed by atoms with Gasteiger partial charge in [-0.3, -0.25) is 19.7 Å². The molecule has 0 heterocycles. The number of rotatable bonds is 11. The van der Waals surface area contributed by atoms with Gasteiger partial charge < -0.3 is 5.32 Å². The third kappa shape index (κ3) is 6.91. The molecule has 36 heavy (non-hydrogen) atoms. The quantitative estimate of drug-likeness (QED) is 0.382. The van der Waals surface area contributed by atoms with Crippen molar-refractivity contribution in [2.75, 3.05) is 0 Å². The molecule has 5 heteroatoms. The molecule has 0 saturated heterocycles. The summed E-state index contributed by atoms with van der Waals surface area (Å²) < 4.78 is 0. The van der Waals surface area contributed by atoms with E-state index in [4.69, 9.17) is 0 Å². The van der Waals surface area contributed by atoms with Gasteiger partial charge in [-0.05, 0) is 67.7 Å². The van der Waals surface area contributed by atoms with E-state index in [9.17, 15) is 14.4 Å². The predicted octanol–water partition coefficient (Wildman–Crippen LogP) is 4.89. The van der Waals surface area contributed by atoms with Crippen LogP contribution >= 0.6 is 0 Å². The maximum atomic E-state index is 12.8. The van der Waals surface area contributed by atoms with Crippen molar-refractivity contribution < 1.29 is 14.4 Å². The molecular formula is C31H34N2O3. The van der Waals surface area contributed by atoms with Crippen molar-refractivity contribution in [1.29, 1.82) is 0 Å². The average Bonchev–Trinajstić information content (AvgIpc) is 3.69. The van der Waals surface area contributed by atoms with E-state index >= 15 is 0 Å². The van der Waals surface area contributed by atoms with E-state index in [1.54, 1.807) is 0 Å². The fraction of sp³-hybridized carbons (Fsp3) is 0.323. The number of amides is 3. The van der Waals surface area contributed by atoms with E-state index < -0.39 is 11.4 Å². The van der Waals surface area contributed by atoms with Gasteiger partial charge >= 0.3 is 0 Å².